The minimum absolute atomic E-state index is 0. The van der Waals surface area contributed by atoms with Crippen LogP contribution in [-0.4, -0.2) is 25.2 Å². The minimum Gasteiger partial charge on any atom is -0.377 e. The van der Waals surface area contributed by atoms with Crippen LogP contribution in [0.25, 0.3) is 0 Å². The number of nitrogens with two attached hydrogens (primary N) is 1. The molecule has 0 aliphatic carbocycles. The third-order valence-corrected chi connectivity index (χ3v) is 2.65. The zero-order valence-corrected chi connectivity index (χ0v) is 15.0. The first kappa shape index (κ1) is 19.2. The Kier molecular flexibility index (Phi) is 9.58. The van der Waals surface area contributed by atoms with Crippen LogP contribution in [0.1, 0.15) is 39.2 Å². The Hall–Kier alpha value is -0.820. The molecule has 0 bridgehead atoms. The topological polar surface area (TPSA) is 59.6 Å². The van der Waals surface area contributed by atoms with E-state index in [9.17, 15) is 0 Å². The monoisotopic (exact) mass is 391 g/mol. The van der Waals surface area contributed by atoms with Crippen LogP contribution in [0, 0.1) is 0 Å². The Morgan fingerprint density at radius 2 is 2.00 bits per heavy atom. The molecule has 0 unspecified atom stereocenters. The van der Waals surface area contributed by atoms with E-state index in [4.69, 9.17) is 10.5 Å². The van der Waals surface area contributed by atoms with Gasteiger partial charge in [0, 0.05) is 5.69 Å². The first-order valence-electron chi connectivity index (χ1n) is 6.77. The molecule has 20 heavy (non-hydrogen) atoms. The Labute approximate surface area is 139 Å². The molecule has 0 aliphatic heterocycles. The van der Waals surface area contributed by atoms with E-state index < -0.39 is 0 Å². The molecule has 0 fully saturated rings. The van der Waals surface area contributed by atoms with Gasteiger partial charge in [0.25, 0.3) is 0 Å². The van der Waals surface area contributed by atoms with E-state index in [1.807, 2.05) is 26.0 Å². The maximum Gasteiger partial charge on any atom is 0.193 e. The molecule has 3 N–H and O–H groups in total. The van der Waals surface area contributed by atoms with Gasteiger partial charge < -0.3 is 15.8 Å². The molecule has 114 valence electrons. The molecule has 1 aromatic carbocycles. The number of hydrogen-bond donors (Lipinski definition) is 2. The van der Waals surface area contributed by atoms with Crippen molar-refractivity contribution in [1.29, 1.82) is 0 Å². The Balaban J connectivity index is 0.00000361. The maximum absolute atomic E-state index is 5.83. The first-order chi connectivity index (χ1) is 8.99. The van der Waals surface area contributed by atoms with Gasteiger partial charge in [-0.1, -0.05) is 26.0 Å². The molecule has 1 rings (SSSR count). The fourth-order valence-electron chi connectivity index (χ4n) is 1.62. The molecule has 0 atom stereocenters. The number of guanidine groups is 1. The fourth-order valence-corrected chi connectivity index (χ4v) is 1.62. The van der Waals surface area contributed by atoms with Gasteiger partial charge in [-0.25, -0.2) is 0 Å². The molecular formula is C15H26IN3O. The number of benzene rings is 1. The molecule has 0 aliphatic rings. The van der Waals surface area contributed by atoms with Gasteiger partial charge >= 0.3 is 0 Å². The van der Waals surface area contributed by atoms with E-state index >= 15 is 0 Å². The predicted octanol–water partition coefficient (Wildman–Crippen LogP) is 3.58. The molecule has 0 heterocycles. The molecule has 0 saturated heterocycles. The van der Waals surface area contributed by atoms with Crippen LogP contribution in [0.3, 0.4) is 0 Å². The Bertz CT molecular complexity index is 419. The summed E-state index contributed by atoms with van der Waals surface area (Å²) in [6.07, 6.45) is 0.229. The zero-order valence-electron chi connectivity index (χ0n) is 12.7. The third-order valence-electron chi connectivity index (χ3n) is 2.65. The van der Waals surface area contributed by atoms with Gasteiger partial charge in [0.2, 0.25) is 0 Å². The van der Waals surface area contributed by atoms with Crippen molar-refractivity contribution in [3.05, 3.63) is 29.8 Å². The highest BCUT2D eigenvalue weighted by molar-refractivity contribution is 14.0. The number of nitrogens with one attached hydrogen (secondary N) is 1. The van der Waals surface area contributed by atoms with Gasteiger partial charge in [0.05, 0.1) is 19.3 Å². The molecule has 0 amide bonds. The minimum atomic E-state index is 0. The van der Waals surface area contributed by atoms with Crippen LogP contribution < -0.4 is 11.1 Å². The normalized spacial score (nSPS) is 11.6. The summed E-state index contributed by atoms with van der Waals surface area (Å²) in [4.78, 5) is 4.22. The Morgan fingerprint density at radius 3 is 2.60 bits per heavy atom. The van der Waals surface area contributed by atoms with Crippen molar-refractivity contribution in [2.45, 2.75) is 39.7 Å². The van der Waals surface area contributed by atoms with Gasteiger partial charge in [-0.05, 0) is 37.5 Å². The SMILES string of the molecule is CC(C)OCCN=C(N)Nc1cccc(C(C)C)c1.I. The first-order valence-corrected chi connectivity index (χ1v) is 6.77. The average Bonchev–Trinajstić information content (AvgIpc) is 2.34. The summed E-state index contributed by atoms with van der Waals surface area (Å²) in [7, 11) is 0. The van der Waals surface area contributed by atoms with Crippen molar-refractivity contribution in [1.82, 2.24) is 0 Å². The second-order valence-corrected chi connectivity index (χ2v) is 5.09. The van der Waals surface area contributed by atoms with Gasteiger partial charge in [0.1, 0.15) is 0 Å². The van der Waals surface area contributed by atoms with Crippen LogP contribution in [0.4, 0.5) is 5.69 Å². The molecule has 5 heteroatoms. The molecule has 0 spiro atoms. The lowest BCUT2D eigenvalue weighted by Gasteiger charge is -2.10. The van der Waals surface area contributed by atoms with Crippen LogP contribution in [0.15, 0.2) is 29.3 Å². The quantitative estimate of drug-likeness (QED) is 0.337. The highest BCUT2D eigenvalue weighted by Gasteiger charge is 2.01. The average molecular weight is 391 g/mol. The van der Waals surface area contributed by atoms with Gasteiger partial charge in [-0.3, -0.25) is 4.99 Å². The number of nitrogens with zero attached hydrogens (tertiary/aromatic N) is 1. The second kappa shape index (κ2) is 9.99. The summed E-state index contributed by atoms with van der Waals surface area (Å²) in [6.45, 7) is 9.50. The lowest BCUT2D eigenvalue weighted by molar-refractivity contribution is 0.0853. The van der Waals surface area contributed by atoms with Crippen molar-refractivity contribution in [3.63, 3.8) is 0 Å². The Morgan fingerprint density at radius 1 is 1.30 bits per heavy atom. The smallest absolute Gasteiger partial charge is 0.193 e. The lowest BCUT2D eigenvalue weighted by atomic mass is 10.0. The summed E-state index contributed by atoms with van der Waals surface area (Å²) >= 11 is 0. The number of rotatable bonds is 6. The number of halogens is 1. The third kappa shape index (κ3) is 7.69. The van der Waals surface area contributed by atoms with E-state index in [1.165, 1.54) is 5.56 Å². The molecule has 0 aromatic heterocycles. The summed E-state index contributed by atoms with van der Waals surface area (Å²) in [6, 6.07) is 8.21. The largest absolute Gasteiger partial charge is 0.377 e. The van der Waals surface area contributed by atoms with Crippen LogP contribution in [-0.2, 0) is 4.74 Å². The van der Waals surface area contributed by atoms with E-state index in [2.05, 4.69) is 36.3 Å². The number of hydrogen-bond acceptors (Lipinski definition) is 2. The standard InChI is InChI=1S/C15H25N3O.HI/c1-11(2)13-6-5-7-14(10-13)18-15(16)17-8-9-19-12(3)4;/h5-7,10-12H,8-9H2,1-4H3,(H3,16,17,18);1H. The van der Waals surface area contributed by atoms with Crippen molar-refractivity contribution < 1.29 is 4.74 Å². The summed E-state index contributed by atoms with van der Waals surface area (Å²) in [5.41, 5.74) is 8.08. The maximum atomic E-state index is 5.83. The van der Waals surface area contributed by atoms with Gasteiger partial charge in [-0.2, -0.15) is 0 Å². The molecule has 0 radical (unpaired) electrons. The number of ether oxygens (including phenoxy) is 1. The highest BCUT2D eigenvalue weighted by Crippen LogP contribution is 2.18. The van der Waals surface area contributed by atoms with Crippen molar-refractivity contribution in [2.24, 2.45) is 10.7 Å². The highest BCUT2D eigenvalue weighted by atomic mass is 127. The lowest BCUT2D eigenvalue weighted by Crippen LogP contribution is -2.23. The molecule has 0 saturated carbocycles. The van der Waals surface area contributed by atoms with Crippen LogP contribution in [0.5, 0.6) is 0 Å². The van der Waals surface area contributed by atoms with E-state index in [-0.39, 0.29) is 30.1 Å². The number of aliphatic imine (C=N–C) groups is 1. The van der Waals surface area contributed by atoms with E-state index in [1.54, 1.807) is 0 Å². The van der Waals surface area contributed by atoms with Crippen molar-refractivity contribution in [3.8, 4) is 0 Å². The fraction of sp³-hybridized carbons (Fsp3) is 0.533. The summed E-state index contributed by atoms with van der Waals surface area (Å²) < 4.78 is 5.40. The summed E-state index contributed by atoms with van der Waals surface area (Å²) in [5.74, 6) is 0.924. The van der Waals surface area contributed by atoms with E-state index in [0.717, 1.165) is 5.69 Å². The van der Waals surface area contributed by atoms with Crippen molar-refractivity contribution >= 4 is 35.6 Å². The number of anilines is 1. The zero-order chi connectivity index (χ0) is 14.3. The van der Waals surface area contributed by atoms with E-state index in [0.29, 0.717) is 25.0 Å². The second-order valence-electron chi connectivity index (χ2n) is 5.09. The molecule has 4 nitrogen and oxygen atoms in total. The summed E-state index contributed by atoms with van der Waals surface area (Å²) in [5, 5.41) is 3.10. The predicted molar refractivity (Wildman–Crippen MR) is 97.1 cm³/mol. The van der Waals surface area contributed by atoms with Gasteiger partial charge in [0.15, 0.2) is 5.96 Å². The van der Waals surface area contributed by atoms with Crippen LogP contribution >= 0.6 is 24.0 Å². The van der Waals surface area contributed by atoms with Crippen molar-refractivity contribution in [2.75, 3.05) is 18.5 Å². The van der Waals surface area contributed by atoms with Crippen LogP contribution in [0.2, 0.25) is 0 Å². The molecule has 1 aromatic rings. The molecular weight excluding hydrogens is 365 g/mol. The van der Waals surface area contributed by atoms with Gasteiger partial charge in [-0.15, -0.1) is 24.0 Å².